The molecule has 5 heteroatoms. The minimum absolute atomic E-state index is 0.00372. The minimum Gasteiger partial charge on any atom is -0.459 e. The molecule has 0 spiro atoms. The van der Waals surface area contributed by atoms with Crippen LogP contribution in [0.5, 0.6) is 0 Å². The number of nitrogens with one attached hydrogen (secondary N) is 2. The number of rotatable bonds is 5. The molecule has 0 rings (SSSR count). The smallest absolute Gasteiger partial charge is 0.328 e. The minimum atomic E-state index is -0.473. The molecule has 0 unspecified atom stereocenters. The molecule has 0 atom stereocenters. The first-order chi connectivity index (χ1) is 7.89. The average molecular weight is 241 g/mol. The van der Waals surface area contributed by atoms with Gasteiger partial charge in [0.25, 0.3) is 0 Å². The summed E-state index contributed by atoms with van der Waals surface area (Å²) in [6, 6.07) is 0. The van der Waals surface area contributed by atoms with Gasteiger partial charge in [0.05, 0.1) is 0 Å². The largest absolute Gasteiger partial charge is 0.459 e. The Balaban J connectivity index is 4.22. The Hall–Kier alpha value is -1.52. The highest BCUT2D eigenvalue weighted by Crippen LogP contribution is 2.06. The Morgan fingerprint density at radius 3 is 2.53 bits per heavy atom. The molecule has 0 amide bonds. The van der Waals surface area contributed by atoms with E-state index in [2.05, 4.69) is 22.2 Å². The van der Waals surface area contributed by atoms with Crippen LogP contribution in [0.25, 0.3) is 0 Å². The lowest BCUT2D eigenvalue weighted by Crippen LogP contribution is -2.38. The van der Waals surface area contributed by atoms with Crippen LogP contribution in [-0.2, 0) is 9.53 Å². The molecule has 5 nitrogen and oxygen atoms in total. The summed E-state index contributed by atoms with van der Waals surface area (Å²) in [6.07, 6.45) is 1.72. The van der Waals surface area contributed by atoms with E-state index in [4.69, 9.17) is 4.74 Å². The molecule has 0 saturated carbocycles. The average Bonchev–Trinajstić information content (AvgIpc) is 2.19. The second-order valence-corrected chi connectivity index (χ2v) is 4.45. The van der Waals surface area contributed by atoms with E-state index < -0.39 is 5.60 Å². The maximum absolute atomic E-state index is 11.4. The van der Waals surface area contributed by atoms with Crippen LogP contribution in [0.1, 0.15) is 27.7 Å². The third-order valence-electron chi connectivity index (χ3n) is 1.54. The van der Waals surface area contributed by atoms with Crippen molar-refractivity contribution in [3.8, 4) is 0 Å². The van der Waals surface area contributed by atoms with E-state index in [1.165, 1.54) is 0 Å². The van der Waals surface area contributed by atoms with Crippen LogP contribution >= 0.6 is 0 Å². The van der Waals surface area contributed by atoms with Gasteiger partial charge >= 0.3 is 5.97 Å². The number of aliphatic imine (C=N–C) groups is 1. The molecule has 0 radical (unpaired) electrons. The Labute approximate surface area is 103 Å². The topological polar surface area (TPSA) is 62.7 Å². The Kier molecular flexibility index (Phi) is 7.02. The highest BCUT2D eigenvalue weighted by Gasteiger charge is 2.15. The van der Waals surface area contributed by atoms with Crippen LogP contribution in [0.2, 0.25) is 0 Å². The van der Waals surface area contributed by atoms with E-state index in [9.17, 15) is 4.79 Å². The molecule has 0 aromatic heterocycles. The van der Waals surface area contributed by atoms with Crippen LogP contribution in [0.3, 0.4) is 0 Å². The van der Waals surface area contributed by atoms with E-state index in [1.807, 2.05) is 27.7 Å². The zero-order valence-corrected chi connectivity index (χ0v) is 11.2. The molecule has 0 bridgehead atoms. The molecule has 0 saturated heterocycles. The number of esters is 1. The zero-order valence-electron chi connectivity index (χ0n) is 11.2. The first-order valence-corrected chi connectivity index (χ1v) is 5.74. The van der Waals surface area contributed by atoms with Crippen molar-refractivity contribution >= 4 is 11.9 Å². The predicted octanol–water partition coefficient (Wildman–Crippen LogP) is 1.07. The normalized spacial score (nSPS) is 11.9. The van der Waals surface area contributed by atoms with Gasteiger partial charge in [-0.3, -0.25) is 4.79 Å². The number of hydrogen-bond donors (Lipinski definition) is 2. The van der Waals surface area contributed by atoms with Crippen LogP contribution in [-0.4, -0.2) is 37.2 Å². The van der Waals surface area contributed by atoms with Gasteiger partial charge in [0.1, 0.15) is 12.1 Å². The maximum atomic E-state index is 11.4. The monoisotopic (exact) mass is 241 g/mol. The third kappa shape index (κ3) is 9.41. The number of hydrogen-bond acceptors (Lipinski definition) is 3. The molecule has 0 aliphatic rings. The van der Waals surface area contributed by atoms with Gasteiger partial charge in [-0.2, -0.15) is 0 Å². The van der Waals surface area contributed by atoms with E-state index in [-0.39, 0.29) is 12.5 Å². The van der Waals surface area contributed by atoms with Crippen molar-refractivity contribution in [3.05, 3.63) is 12.7 Å². The molecule has 0 aliphatic carbocycles. The third-order valence-corrected chi connectivity index (χ3v) is 1.54. The Morgan fingerprint density at radius 2 is 2.06 bits per heavy atom. The molecular formula is C12H23N3O2. The molecule has 98 valence electrons. The van der Waals surface area contributed by atoms with Crippen molar-refractivity contribution in [1.82, 2.24) is 10.6 Å². The summed E-state index contributed by atoms with van der Waals surface area (Å²) in [5, 5.41) is 6.02. The van der Waals surface area contributed by atoms with E-state index in [0.717, 1.165) is 6.54 Å². The summed E-state index contributed by atoms with van der Waals surface area (Å²) in [6.45, 7) is 12.4. The molecule has 0 heterocycles. The lowest BCUT2D eigenvalue weighted by atomic mass is 10.2. The van der Waals surface area contributed by atoms with Gasteiger partial charge in [-0.1, -0.05) is 6.08 Å². The maximum Gasteiger partial charge on any atom is 0.328 e. The van der Waals surface area contributed by atoms with Crippen LogP contribution < -0.4 is 10.6 Å². The zero-order chi connectivity index (χ0) is 13.3. The molecule has 0 aliphatic heterocycles. The number of guanidine groups is 1. The molecule has 0 aromatic rings. The van der Waals surface area contributed by atoms with Gasteiger partial charge in [0.2, 0.25) is 0 Å². The summed E-state index contributed by atoms with van der Waals surface area (Å²) in [5.74, 6) is 0.242. The van der Waals surface area contributed by atoms with E-state index in [0.29, 0.717) is 12.5 Å². The quantitative estimate of drug-likeness (QED) is 0.327. The van der Waals surface area contributed by atoms with E-state index in [1.54, 1.807) is 6.08 Å². The Bertz CT molecular complexity index is 280. The van der Waals surface area contributed by atoms with Gasteiger partial charge in [-0.15, -0.1) is 6.58 Å². The predicted molar refractivity (Wildman–Crippen MR) is 70.0 cm³/mol. The number of nitrogens with zero attached hydrogens (tertiary/aromatic N) is 1. The fourth-order valence-electron chi connectivity index (χ4n) is 1.03. The standard InChI is InChI=1S/C12H23N3O2/c1-6-8-14-11(13-7-2)15-9-10(16)17-12(3,4)5/h6H,1,7-9H2,2-5H3,(H2,13,14,15). The summed E-state index contributed by atoms with van der Waals surface area (Å²) >= 11 is 0. The summed E-state index contributed by atoms with van der Waals surface area (Å²) in [4.78, 5) is 15.5. The highest BCUT2D eigenvalue weighted by atomic mass is 16.6. The second-order valence-electron chi connectivity index (χ2n) is 4.45. The van der Waals surface area contributed by atoms with Crippen LogP contribution in [0, 0.1) is 0 Å². The second kappa shape index (κ2) is 7.70. The summed E-state index contributed by atoms with van der Waals surface area (Å²) in [7, 11) is 0. The number of carbonyl (C=O) groups excluding carboxylic acids is 1. The summed E-state index contributed by atoms with van der Waals surface area (Å²) < 4.78 is 5.15. The fraction of sp³-hybridized carbons (Fsp3) is 0.667. The van der Waals surface area contributed by atoms with Gasteiger partial charge < -0.3 is 15.4 Å². The van der Waals surface area contributed by atoms with Gasteiger partial charge in [0.15, 0.2) is 5.96 Å². The SMILES string of the molecule is C=CCNC(=NCC(=O)OC(C)(C)C)NCC. The van der Waals surface area contributed by atoms with Crippen molar-refractivity contribution in [2.45, 2.75) is 33.3 Å². The van der Waals surface area contributed by atoms with Gasteiger partial charge in [0, 0.05) is 13.1 Å². The number of carbonyl (C=O) groups is 1. The van der Waals surface area contributed by atoms with Crippen molar-refractivity contribution in [2.75, 3.05) is 19.6 Å². The van der Waals surface area contributed by atoms with E-state index >= 15 is 0 Å². The lowest BCUT2D eigenvalue weighted by Gasteiger charge is -2.19. The molecule has 0 aromatic carbocycles. The van der Waals surface area contributed by atoms with Gasteiger partial charge in [-0.25, -0.2) is 4.99 Å². The molecule has 0 fully saturated rings. The fourth-order valence-corrected chi connectivity index (χ4v) is 1.03. The van der Waals surface area contributed by atoms with Crippen LogP contribution in [0.15, 0.2) is 17.6 Å². The lowest BCUT2D eigenvalue weighted by molar-refractivity contribution is -0.152. The van der Waals surface area contributed by atoms with Crippen molar-refractivity contribution in [3.63, 3.8) is 0 Å². The first-order valence-electron chi connectivity index (χ1n) is 5.74. The number of ether oxygens (including phenoxy) is 1. The highest BCUT2D eigenvalue weighted by molar-refractivity contribution is 5.83. The van der Waals surface area contributed by atoms with Crippen molar-refractivity contribution < 1.29 is 9.53 Å². The molecule has 17 heavy (non-hydrogen) atoms. The molecular weight excluding hydrogens is 218 g/mol. The summed E-state index contributed by atoms with van der Waals surface area (Å²) in [5.41, 5.74) is -0.473. The van der Waals surface area contributed by atoms with Crippen molar-refractivity contribution in [1.29, 1.82) is 0 Å². The van der Waals surface area contributed by atoms with Crippen LogP contribution in [0.4, 0.5) is 0 Å². The van der Waals surface area contributed by atoms with Crippen molar-refractivity contribution in [2.24, 2.45) is 4.99 Å². The Morgan fingerprint density at radius 1 is 1.41 bits per heavy atom. The molecule has 2 N–H and O–H groups in total. The van der Waals surface area contributed by atoms with Gasteiger partial charge in [-0.05, 0) is 27.7 Å². The first kappa shape index (κ1) is 15.5.